The van der Waals surface area contributed by atoms with E-state index in [1.807, 2.05) is 12.1 Å². The minimum absolute atomic E-state index is 0.000329. The zero-order valence-corrected chi connectivity index (χ0v) is 11.7. The monoisotopic (exact) mass is 305 g/mol. The Bertz CT molecular complexity index is 644. The summed E-state index contributed by atoms with van der Waals surface area (Å²) in [6.07, 6.45) is 0. The second-order valence-electron chi connectivity index (χ2n) is 4.28. The molecule has 110 valence electrons. The Hall–Kier alpha value is -2.22. The number of aromatic carboxylic acids is 1. The van der Waals surface area contributed by atoms with Crippen LogP contribution in [0.1, 0.15) is 15.9 Å². The van der Waals surface area contributed by atoms with Crippen LogP contribution in [-0.2, 0) is 5.75 Å². The van der Waals surface area contributed by atoms with Gasteiger partial charge in [0.05, 0.1) is 11.7 Å². The number of hydrogen-bond acceptors (Lipinski definition) is 7. The van der Waals surface area contributed by atoms with Crippen LogP contribution < -0.4 is 16.1 Å². The minimum atomic E-state index is -1.38. The summed E-state index contributed by atoms with van der Waals surface area (Å²) in [6.45, 7) is 0. The van der Waals surface area contributed by atoms with E-state index in [1.54, 1.807) is 12.1 Å². The van der Waals surface area contributed by atoms with Gasteiger partial charge in [-0.05, 0) is 41.5 Å². The van der Waals surface area contributed by atoms with Crippen LogP contribution in [0.2, 0.25) is 0 Å². The topological polar surface area (TPSA) is 110 Å². The van der Waals surface area contributed by atoms with Gasteiger partial charge in [0.25, 0.3) is 0 Å². The number of benzene rings is 2. The first-order chi connectivity index (χ1) is 9.97. The number of carboxylic acids is 1. The summed E-state index contributed by atoms with van der Waals surface area (Å²) in [5.41, 5.74) is 6.71. The van der Waals surface area contributed by atoms with Crippen LogP contribution in [0.15, 0.2) is 47.4 Å². The highest BCUT2D eigenvalue weighted by molar-refractivity contribution is 7.98. The largest absolute Gasteiger partial charge is 0.545 e. The number of thioether (sulfide) groups is 1. The van der Waals surface area contributed by atoms with Crippen LogP contribution in [-0.4, -0.2) is 16.4 Å². The molecule has 0 aliphatic carbocycles. The van der Waals surface area contributed by atoms with Gasteiger partial charge in [0.15, 0.2) is 0 Å². The van der Waals surface area contributed by atoms with Crippen molar-refractivity contribution in [3.8, 4) is 0 Å². The van der Waals surface area contributed by atoms with Gasteiger partial charge in [-0.2, -0.15) is 0 Å². The van der Waals surface area contributed by atoms with Crippen molar-refractivity contribution in [2.45, 2.75) is 10.6 Å². The molecule has 7 heteroatoms. The standard InChI is InChI=1S/C14H14N2O4S/c15-11-3-5-12(6-4-11)21-8-10-2-1-9(14(17)18)7-13(10)16(19)20/h1-7,19-20H,8,15H2,(H,17,18)/p-1. The van der Waals surface area contributed by atoms with E-state index in [0.717, 1.165) is 11.0 Å². The number of hydrogen-bond donors (Lipinski definition) is 3. The smallest absolute Gasteiger partial charge is 0.0989 e. The molecule has 2 aromatic rings. The summed E-state index contributed by atoms with van der Waals surface area (Å²) in [5.74, 6) is -0.944. The van der Waals surface area contributed by atoms with Crippen molar-refractivity contribution in [2.24, 2.45) is 0 Å². The Balaban J connectivity index is 2.19. The number of anilines is 2. The molecular formula is C14H13N2O4S-. The van der Waals surface area contributed by atoms with Crippen LogP contribution in [0.4, 0.5) is 11.4 Å². The molecule has 0 atom stereocenters. The molecule has 21 heavy (non-hydrogen) atoms. The Morgan fingerprint density at radius 1 is 1.19 bits per heavy atom. The van der Waals surface area contributed by atoms with Crippen LogP contribution in [0, 0.1) is 0 Å². The summed E-state index contributed by atoms with van der Waals surface area (Å²) >= 11 is 1.46. The molecule has 0 fully saturated rings. The predicted octanol–water partition coefficient (Wildman–Crippen LogP) is 1.51. The third-order valence-electron chi connectivity index (χ3n) is 2.81. The molecule has 0 aromatic heterocycles. The Labute approximate surface area is 125 Å². The number of carbonyl (C=O) groups excluding carboxylic acids is 1. The third kappa shape index (κ3) is 3.88. The fourth-order valence-corrected chi connectivity index (χ4v) is 2.62. The van der Waals surface area contributed by atoms with E-state index in [9.17, 15) is 20.3 Å². The van der Waals surface area contributed by atoms with Crippen molar-refractivity contribution >= 4 is 29.1 Å². The van der Waals surface area contributed by atoms with E-state index in [0.29, 0.717) is 17.0 Å². The first-order valence-corrected chi connectivity index (χ1v) is 6.96. The first-order valence-electron chi connectivity index (χ1n) is 5.98. The maximum atomic E-state index is 10.8. The number of nitrogen functional groups attached to an aromatic ring is 1. The maximum absolute atomic E-state index is 10.8. The zero-order valence-electron chi connectivity index (χ0n) is 10.9. The molecule has 0 aliphatic rings. The summed E-state index contributed by atoms with van der Waals surface area (Å²) in [7, 11) is 0. The van der Waals surface area contributed by atoms with Gasteiger partial charge in [0.1, 0.15) is 0 Å². The maximum Gasteiger partial charge on any atom is 0.0989 e. The molecule has 0 amide bonds. The highest BCUT2D eigenvalue weighted by Crippen LogP contribution is 2.29. The van der Waals surface area contributed by atoms with Gasteiger partial charge in [-0.1, -0.05) is 12.1 Å². The fourth-order valence-electron chi connectivity index (χ4n) is 1.72. The molecule has 0 heterocycles. The fraction of sp³-hybridized carbons (Fsp3) is 0.0714. The minimum Gasteiger partial charge on any atom is -0.545 e. The summed E-state index contributed by atoms with van der Waals surface area (Å²) < 4.78 is 0. The number of carbonyl (C=O) groups is 1. The molecule has 0 bridgehead atoms. The van der Waals surface area contributed by atoms with Crippen LogP contribution >= 0.6 is 11.8 Å². The summed E-state index contributed by atoms with van der Waals surface area (Å²) in [5, 5.41) is 29.1. The summed E-state index contributed by atoms with van der Waals surface area (Å²) in [6, 6.07) is 11.3. The Morgan fingerprint density at radius 3 is 2.43 bits per heavy atom. The van der Waals surface area contributed by atoms with E-state index < -0.39 is 5.97 Å². The van der Waals surface area contributed by atoms with E-state index >= 15 is 0 Å². The second kappa shape index (κ2) is 6.49. The number of nitrogens with zero attached hydrogens (tertiary/aromatic N) is 1. The van der Waals surface area contributed by atoms with Crippen molar-refractivity contribution in [1.82, 2.24) is 0 Å². The Kier molecular flexibility index (Phi) is 4.69. The predicted molar refractivity (Wildman–Crippen MR) is 77.2 cm³/mol. The summed E-state index contributed by atoms with van der Waals surface area (Å²) in [4.78, 5) is 11.7. The Morgan fingerprint density at radius 2 is 1.86 bits per heavy atom. The molecular weight excluding hydrogens is 292 g/mol. The SMILES string of the molecule is Nc1ccc(SCc2ccc(C(=O)[O-])cc2N(O)O)cc1. The molecule has 2 rings (SSSR count). The number of carboxylic acid groups (broad SMARTS) is 1. The van der Waals surface area contributed by atoms with Crippen molar-refractivity contribution in [2.75, 3.05) is 11.0 Å². The molecule has 0 saturated heterocycles. The molecule has 4 N–H and O–H groups in total. The molecule has 0 spiro atoms. The van der Waals surface area contributed by atoms with E-state index in [4.69, 9.17) is 5.73 Å². The highest BCUT2D eigenvalue weighted by Gasteiger charge is 2.10. The molecule has 6 nitrogen and oxygen atoms in total. The van der Waals surface area contributed by atoms with Gasteiger partial charge < -0.3 is 15.6 Å². The molecule has 2 aromatic carbocycles. The number of rotatable bonds is 5. The molecule has 0 radical (unpaired) electrons. The van der Waals surface area contributed by atoms with Gasteiger partial charge in [-0.15, -0.1) is 17.0 Å². The van der Waals surface area contributed by atoms with Gasteiger partial charge in [-0.25, -0.2) is 0 Å². The normalized spacial score (nSPS) is 10.4. The van der Waals surface area contributed by atoms with Crippen molar-refractivity contribution < 1.29 is 20.3 Å². The first kappa shape index (κ1) is 15.2. The second-order valence-corrected chi connectivity index (χ2v) is 5.33. The lowest BCUT2D eigenvalue weighted by Crippen LogP contribution is -2.23. The van der Waals surface area contributed by atoms with Crippen LogP contribution in [0.5, 0.6) is 0 Å². The van der Waals surface area contributed by atoms with Crippen molar-refractivity contribution in [3.63, 3.8) is 0 Å². The van der Waals surface area contributed by atoms with Gasteiger partial charge in [0, 0.05) is 16.3 Å². The lowest BCUT2D eigenvalue weighted by molar-refractivity contribution is -0.255. The van der Waals surface area contributed by atoms with Gasteiger partial charge in [-0.3, -0.25) is 10.4 Å². The number of nitrogens with two attached hydrogens (primary N) is 1. The van der Waals surface area contributed by atoms with Crippen LogP contribution in [0.25, 0.3) is 0 Å². The van der Waals surface area contributed by atoms with Crippen molar-refractivity contribution in [3.05, 3.63) is 53.6 Å². The average molecular weight is 305 g/mol. The van der Waals surface area contributed by atoms with Gasteiger partial charge >= 0.3 is 0 Å². The highest BCUT2D eigenvalue weighted by atomic mass is 32.2. The average Bonchev–Trinajstić information content (AvgIpc) is 2.46. The van der Waals surface area contributed by atoms with Crippen molar-refractivity contribution in [1.29, 1.82) is 0 Å². The van der Waals surface area contributed by atoms with E-state index in [2.05, 4.69) is 0 Å². The lowest BCUT2D eigenvalue weighted by atomic mass is 10.1. The van der Waals surface area contributed by atoms with Crippen LogP contribution in [0.3, 0.4) is 0 Å². The van der Waals surface area contributed by atoms with Gasteiger partial charge in [0.2, 0.25) is 0 Å². The molecule has 0 aliphatic heterocycles. The molecule has 0 unspecified atom stereocenters. The quantitative estimate of drug-likeness (QED) is 0.436. The third-order valence-corrected chi connectivity index (χ3v) is 3.87. The lowest BCUT2D eigenvalue weighted by Gasteiger charge is -2.15. The van der Waals surface area contributed by atoms with E-state index in [-0.39, 0.29) is 16.5 Å². The van der Waals surface area contributed by atoms with E-state index in [1.165, 1.54) is 23.9 Å². The molecule has 0 saturated carbocycles. The zero-order chi connectivity index (χ0) is 15.4.